The zero-order valence-electron chi connectivity index (χ0n) is 14.3. The summed E-state index contributed by atoms with van der Waals surface area (Å²) >= 11 is 0. The molecule has 0 unspecified atom stereocenters. The number of carbonyl (C=O) groups excluding carboxylic acids is 2. The molecule has 0 aromatic heterocycles. The van der Waals surface area contributed by atoms with E-state index in [1.165, 1.54) is 0 Å². The number of fused-ring (bicyclic) bond motifs is 1. The van der Waals surface area contributed by atoms with Gasteiger partial charge in [-0.25, -0.2) is 0 Å². The van der Waals surface area contributed by atoms with Gasteiger partial charge in [-0.05, 0) is 46.8 Å². The lowest BCUT2D eigenvalue weighted by Gasteiger charge is -2.28. The molecule has 126 valence electrons. The number of benzene rings is 1. The molecule has 0 saturated carbocycles. The van der Waals surface area contributed by atoms with E-state index in [9.17, 15) is 9.59 Å². The summed E-state index contributed by atoms with van der Waals surface area (Å²) in [6.07, 6.45) is 0. The average molecular weight is 320 g/mol. The van der Waals surface area contributed by atoms with Crippen molar-refractivity contribution in [3.8, 4) is 11.5 Å². The maximum atomic E-state index is 12.5. The van der Waals surface area contributed by atoms with Crippen LogP contribution in [0.3, 0.4) is 0 Å². The lowest BCUT2D eigenvalue weighted by atomic mass is 9.89. The molecular weight excluding hydrogens is 296 g/mol. The molecule has 1 aliphatic heterocycles. The lowest BCUT2D eigenvalue weighted by Crippen LogP contribution is -2.51. The summed E-state index contributed by atoms with van der Waals surface area (Å²) in [5.41, 5.74) is -1.03. The van der Waals surface area contributed by atoms with Crippen LogP contribution in [0.4, 0.5) is 5.69 Å². The highest BCUT2D eigenvalue weighted by molar-refractivity contribution is 6.10. The van der Waals surface area contributed by atoms with Crippen molar-refractivity contribution in [3.05, 3.63) is 18.2 Å². The maximum absolute atomic E-state index is 12.5. The minimum atomic E-state index is -1.19. The molecule has 6 nitrogen and oxygen atoms in total. The number of nitrogens with one attached hydrogen (secondary N) is 2. The molecule has 0 saturated heterocycles. The second-order valence-corrected chi connectivity index (χ2v) is 7.14. The maximum Gasteiger partial charge on any atom is 0.239 e. The molecule has 0 atom stereocenters. The van der Waals surface area contributed by atoms with Gasteiger partial charge in [0.1, 0.15) is 18.6 Å². The molecular formula is C17H24N2O4. The van der Waals surface area contributed by atoms with Gasteiger partial charge in [0.05, 0.1) is 0 Å². The molecule has 0 spiro atoms. The van der Waals surface area contributed by atoms with E-state index in [1.54, 1.807) is 32.0 Å². The van der Waals surface area contributed by atoms with Crippen molar-refractivity contribution in [2.45, 2.75) is 40.2 Å². The second kappa shape index (κ2) is 6.10. The standard InChI is InChI=1S/C17H24N2O4/c1-16(2,3)19-15(21)17(4,5)14(20)18-11-6-7-12-13(10-11)23-9-8-22-12/h6-7,10H,8-9H2,1-5H3,(H,18,20)(H,19,21). The highest BCUT2D eigenvalue weighted by atomic mass is 16.6. The van der Waals surface area contributed by atoms with Gasteiger partial charge in [0, 0.05) is 17.3 Å². The van der Waals surface area contributed by atoms with E-state index in [-0.39, 0.29) is 11.8 Å². The van der Waals surface area contributed by atoms with E-state index in [0.29, 0.717) is 30.4 Å². The highest BCUT2D eigenvalue weighted by Gasteiger charge is 2.37. The fraction of sp³-hybridized carbons (Fsp3) is 0.529. The Balaban J connectivity index is 2.10. The van der Waals surface area contributed by atoms with Crippen LogP contribution in [0.15, 0.2) is 18.2 Å². The van der Waals surface area contributed by atoms with Crippen LogP contribution in [0, 0.1) is 5.41 Å². The van der Waals surface area contributed by atoms with Gasteiger partial charge < -0.3 is 20.1 Å². The van der Waals surface area contributed by atoms with Gasteiger partial charge in [0.15, 0.2) is 11.5 Å². The van der Waals surface area contributed by atoms with Gasteiger partial charge in [-0.3, -0.25) is 9.59 Å². The van der Waals surface area contributed by atoms with Crippen molar-refractivity contribution in [2.24, 2.45) is 5.41 Å². The Hall–Kier alpha value is -2.24. The van der Waals surface area contributed by atoms with Crippen molar-refractivity contribution < 1.29 is 19.1 Å². The van der Waals surface area contributed by atoms with Gasteiger partial charge in [-0.1, -0.05) is 0 Å². The number of carbonyl (C=O) groups is 2. The molecule has 1 heterocycles. The quantitative estimate of drug-likeness (QED) is 0.838. The van der Waals surface area contributed by atoms with Crippen molar-refractivity contribution in [1.82, 2.24) is 5.32 Å². The predicted octanol–water partition coefficient (Wildman–Crippen LogP) is 2.34. The van der Waals surface area contributed by atoms with Gasteiger partial charge in [-0.2, -0.15) is 0 Å². The SMILES string of the molecule is CC(C)(C)NC(=O)C(C)(C)C(=O)Nc1ccc2c(c1)OCCO2. The first-order valence-corrected chi connectivity index (χ1v) is 7.63. The fourth-order valence-electron chi connectivity index (χ4n) is 2.01. The summed E-state index contributed by atoms with van der Waals surface area (Å²) in [6.45, 7) is 9.81. The molecule has 1 aromatic carbocycles. The van der Waals surface area contributed by atoms with Crippen molar-refractivity contribution in [3.63, 3.8) is 0 Å². The van der Waals surface area contributed by atoms with Crippen LogP contribution in [0.2, 0.25) is 0 Å². The third kappa shape index (κ3) is 4.15. The molecule has 1 aromatic rings. The summed E-state index contributed by atoms with van der Waals surface area (Å²) in [4.78, 5) is 24.8. The average Bonchev–Trinajstić information content (AvgIpc) is 2.45. The summed E-state index contributed by atoms with van der Waals surface area (Å²) in [6, 6.07) is 5.17. The van der Waals surface area contributed by atoms with E-state index in [2.05, 4.69) is 10.6 Å². The topological polar surface area (TPSA) is 76.7 Å². The van der Waals surface area contributed by atoms with Crippen LogP contribution < -0.4 is 20.1 Å². The molecule has 0 bridgehead atoms. The highest BCUT2D eigenvalue weighted by Crippen LogP contribution is 2.33. The smallest absolute Gasteiger partial charge is 0.239 e. The first-order valence-electron chi connectivity index (χ1n) is 7.63. The minimum absolute atomic E-state index is 0.319. The molecule has 2 amide bonds. The molecule has 0 radical (unpaired) electrons. The van der Waals surface area contributed by atoms with Crippen molar-refractivity contribution in [2.75, 3.05) is 18.5 Å². The first-order chi connectivity index (χ1) is 10.6. The number of anilines is 1. The number of rotatable bonds is 3. The van der Waals surface area contributed by atoms with E-state index in [0.717, 1.165) is 0 Å². The van der Waals surface area contributed by atoms with E-state index in [4.69, 9.17) is 9.47 Å². The zero-order valence-corrected chi connectivity index (χ0v) is 14.3. The van der Waals surface area contributed by atoms with Gasteiger partial charge in [0.25, 0.3) is 0 Å². The predicted molar refractivity (Wildman–Crippen MR) is 87.7 cm³/mol. The Kier molecular flexibility index (Phi) is 4.54. The molecule has 23 heavy (non-hydrogen) atoms. The number of amides is 2. The summed E-state index contributed by atoms with van der Waals surface area (Å²) in [7, 11) is 0. The Morgan fingerprint density at radius 2 is 1.57 bits per heavy atom. The lowest BCUT2D eigenvalue weighted by molar-refractivity contribution is -0.139. The fourth-order valence-corrected chi connectivity index (χ4v) is 2.01. The van der Waals surface area contributed by atoms with Gasteiger partial charge >= 0.3 is 0 Å². The van der Waals surface area contributed by atoms with Gasteiger partial charge in [0.2, 0.25) is 11.8 Å². The Labute approximate surface area is 136 Å². The summed E-state index contributed by atoms with van der Waals surface area (Å²) < 4.78 is 10.9. The molecule has 2 N–H and O–H groups in total. The largest absolute Gasteiger partial charge is 0.486 e. The normalized spacial score (nSPS) is 14.1. The summed E-state index contributed by atoms with van der Waals surface area (Å²) in [5.74, 6) is 0.543. The van der Waals surface area contributed by atoms with Crippen LogP contribution in [-0.2, 0) is 9.59 Å². The molecule has 6 heteroatoms. The van der Waals surface area contributed by atoms with E-state index >= 15 is 0 Å². The number of ether oxygens (including phenoxy) is 2. The molecule has 2 rings (SSSR count). The Morgan fingerprint density at radius 3 is 2.17 bits per heavy atom. The van der Waals surface area contributed by atoms with E-state index < -0.39 is 11.0 Å². The van der Waals surface area contributed by atoms with Crippen molar-refractivity contribution in [1.29, 1.82) is 0 Å². The minimum Gasteiger partial charge on any atom is -0.486 e. The first kappa shape index (κ1) is 17.1. The third-order valence-electron chi connectivity index (χ3n) is 3.42. The molecule has 0 fully saturated rings. The third-order valence-corrected chi connectivity index (χ3v) is 3.42. The summed E-state index contributed by atoms with van der Waals surface area (Å²) in [5, 5.41) is 5.60. The molecule has 1 aliphatic rings. The van der Waals surface area contributed by atoms with Crippen LogP contribution in [-0.4, -0.2) is 30.6 Å². The van der Waals surface area contributed by atoms with Crippen LogP contribution >= 0.6 is 0 Å². The second-order valence-electron chi connectivity index (χ2n) is 7.14. The van der Waals surface area contributed by atoms with Crippen LogP contribution in [0.5, 0.6) is 11.5 Å². The molecule has 0 aliphatic carbocycles. The van der Waals surface area contributed by atoms with Crippen LogP contribution in [0.1, 0.15) is 34.6 Å². The monoisotopic (exact) mass is 320 g/mol. The van der Waals surface area contributed by atoms with Crippen LogP contribution in [0.25, 0.3) is 0 Å². The zero-order chi connectivity index (χ0) is 17.3. The Bertz CT molecular complexity index is 618. The van der Waals surface area contributed by atoms with Gasteiger partial charge in [-0.15, -0.1) is 0 Å². The van der Waals surface area contributed by atoms with E-state index in [1.807, 2.05) is 20.8 Å². The number of hydrogen-bond donors (Lipinski definition) is 2. The Morgan fingerprint density at radius 1 is 0.957 bits per heavy atom. The number of hydrogen-bond acceptors (Lipinski definition) is 4. The van der Waals surface area contributed by atoms with Crippen molar-refractivity contribution >= 4 is 17.5 Å².